The third-order valence-corrected chi connectivity index (χ3v) is 16.5. The summed E-state index contributed by atoms with van der Waals surface area (Å²) in [6.45, 7) is 35.6. The molecule has 1 aliphatic heterocycles. The van der Waals surface area contributed by atoms with Gasteiger partial charge in [-0.2, -0.15) is 0 Å². The third-order valence-electron chi connectivity index (χ3n) is 16.5. The zero-order valence-corrected chi connectivity index (χ0v) is 46.2. The van der Waals surface area contributed by atoms with Crippen LogP contribution < -0.4 is 9.80 Å². The van der Waals surface area contributed by atoms with E-state index in [1.165, 1.54) is 83.6 Å². The van der Waals surface area contributed by atoms with Gasteiger partial charge in [0.1, 0.15) is 12.5 Å². The summed E-state index contributed by atoms with van der Waals surface area (Å²) in [5, 5.41) is 2.45. The number of nitrogens with zero attached hydrogens (tertiary/aromatic N) is 4. The summed E-state index contributed by atoms with van der Waals surface area (Å²) >= 11 is 0. The molecule has 0 saturated carbocycles. The molecule has 4 nitrogen and oxygen atoms in total. The Morgan fingerprint density at radius 2 is 0.795 bits per heavy atom. The molecule has 9 aromatic rings. The zero-order valence-electron chi connectivity index (χ0n) is 46.2. The lowest BCUT2D eigenvalue weighted by Crippen LogP contribution is -2.26. The van der Waals surface area contributed by atoms with Crippen LogP contribution in [0.15, 0.2) is 176 Å². The Bertz CT molecular complexity index is 3480. The fourth-order valence-corrected chi connectivity index (χ4v) is 11.1. The standard InChI is InChI=1S/C69H76N4/c1-64(2,3)46-28-30-48(31-29-46)68(12,13)52-36-37-70-63(44-52)73-59-35-33-50(67(10,11)47-22-17-16-18-23-47)42-58(59)57-34-32-51(43-62(57)73)69(14,15)49-24-21-25-55(39-49)71-45-72(61-27-20-19-26-60(61)71)56-40-53(65(4,5)6)38-54(41-56)66(7,8)9/h16-44H,45H2,1-15H3. The number of aromatic nitrogens is 2. The van der Waals surface area contributed by atoms with Gasteiger partial charge in [-0.05, 0) is 133 Å². The first-order chi connectivity index (χ1) is 34.3. The molecule has 0 spiro atoms. The van der Waals surface area contributed by atoms with Gasteiger partial charge in [0.05, 0.1) is 22.4 Å². The highest BCUT2D eigenvalue weighted by atomic mass is 15.4. The minimum Gasteiger partial charge on any atom is -0.321 e. The van der Waals surface area contributed by atoms with Crippen molar-refractivity contribution in [3.05, 3.63) is 226 Å². The topological polar surface area (TPSA) is 24.3 Å². The summed E-state index contributed by atoms with van der Waals surface area (Å²) in [6.07, 6.45) is 2.00. The number of anilines is 4. The molecule has 0 aliphatic carbocycles. The van der Waals surface area contributed by atoms with Crippen LogP contribution in [0.5, 0.6) is 0 Å². The van der Waals surface area contributed by atoms with Gasteiger partial charge in [0.2, 0.25) is 0 Å². The Labute approximate surface area is 436 Å². The van der Waals surface area contributed by atoms with Crippen LogP contribution >= 0.6 is 0 Å². The van der Waals surface area contributed by atoms with Crippen molar-refractivity contribution < 1.29 is 0 Å². The van der Waals surface area contributed by atoms with Crippen LogP contribution in [0.25, 0.3) is 27.6 Å². The Kier molecular flexibility index (Phi) is 12.0. The van der Waals surface area contributed by atoms with E-state index in [9.17, 15) is 0 Å². The van der Waals surface area contributed by atoms with E-state index in [1.807, 2.05) is 6.20 Å². The maximum atomic E-state index is 5.19. The summed E-state index contributed by atoms with van der Waals surface area (Å²) in [5.41, 5.74) is 18.2. The predicted molar refractivity (Wildman–Crippen MR) is 312 cm³/mol. The summed E-state index contributed by atoms with van der Waals surface area (Å²) < 4.78 is 2.41. The van der Waals surface area contributed by atoms with Crippen molar-refractivity contribution in [2.75, 3.05) is 16.5 Å². The molecule has 0 N–H and O–H groups in total. The Morgan fingerprint density at radius 1 is 0.329 bits per heavy atom. The van der Waals surface area contributed by atoms with Crippen molar-refractivity contribution in [2.24, 2.45) is 0 Å². The number of hydrogen-bond donors (Lipinski definition) is 0. The molecule has 0 unspecified atom stereocenters. The molecule has 0 saturated heterocycles. The van der Waals surface area contributed by atoms with E-state index in [-0.39, 0.29) is 32.5 Å². The molecule has 0 amide bonds. The Balaban J connectivity index is 1.08. The highest BCUT2D eigenvalue weighted by molar-refractivity contribution is 6.09. The lowest BCUT2D eigenvalue weighted by molar-refractivity contribution is 0.568. The van der Waals surface area contributed by atoms with Gasteiger partial charge in [-0.15, -0.1) is 0 Å². The number of hydrogen-bond acceptors (Lipinski definition) is 3. The minimum atomic E-state index is -0.343. The van der Waals surface area contributed by atoms with E-state index in [0.717, 1.165) is 23.5 Å². The number of para-hydroxylation sites is 2. The smallest absolute Gasteiger partial charge is 0.137 e. The number of benzene rings is 7. The van der Waals surface area contributed by atoms with Crippen LogP contribution in [-0.4, -0.2) is 16.2 Å². The maximum Gasteiger partial charge on any atom is 0.137 e. The lowest BCUT2D eigenvalue weighted by Gasteiger charge is -2.30. The van der Waals surface area contributed by atoms with Gasteiger partial charge in [-0.25, -0.2) is 4.98 Å². The molecule has 0 fully saturated rings. The second-order valence-electron chi connectivity index (χ2n) is 25.6. The van der Waals surface area contributed by atoms with Crippen LogP contribution in [0.1, 0.15) is 154 Å². The average Bonchev–Trinajstić information content (AvgIpc) is 3.92. The van der Waals surface area contributed by atoms with Gasteiger partial charge < -0.3 is 9.80 Å². The van der Waals surface area contributed by atoms with Crippen molar-refractivity contribution in [3.8, 4) is 5.82 Å². The predicted octanol–water partition coefficient (Wildman–Crippen LogP) is 18.3. The third kappa shape index (κ3) is 8.96. The van der Waals surface area contributed by atoms with Crippen molar-refractivity contribution in [1.82, 2.24) is 9.55 Å². The van der Waals surface area contributed by atoms with E-state index < -0.39 is 0 Å². The molecule has 0 atom stereocenters. The van der Waals surface area contributed by atoms with E-state index in [1.54, 1.807) is 0 Å². The largest absolute Gasteiger partial charge is 0.321 e. The van der Waals surface area contributed by atoms with Gasteiger partial charge in [0.15, 0.2) is 0 Å². The lowest BCUT2D eigenvalue weighted by atomic mass is 9.77. The van der Waals surface area contributed by atoms with Gasteiger partial charge in [0, 0.05) is 44.6 Å². The number of rotatable bonds is 9. The molecule has 0 bridgehead atoms. The monoisotopic (exact) mass is 961 g/mol. The van der Waals surface area contributed by atoms with E-state index >= 15 is 0 Å². The molecule has 372 valence electrons. The highest BCUT2D eigenvalue weighted by Gasteiger charge is 2.33. The first-order valence-electron chi connectivity index (χ1n) is 26.5. The Hall–Kier alpha value is -6.91. The molecular formula is C69H76N4. The SMILES string of the molecule is CC(C)(C)c1ccc(C(C)(C)c2ccnc(-n3c4ccc(C(C)(C)c5ccccc5)cc4c4ccc(C(C)(C)c5cccc(N6CN(c7cc(C(C)(C)C)cc(C(C)(C)C)c7)c7ccccc76)c5)cc43)c2)cc1. The normalized spacial score (nSPS) is 13.8. The van der Waals surface area contributed by atoms with Crippen LogP contribution in [0.2, 0.25) is 0 Å². The molecule has 3 heterocycles. The second-order valence-corrected chi connectivity index (χ2v) is 25.6. The fraction of sp³-hybridized carbons (Fsp3) is 0.319. The first-order valence-corrected chi connectivity index (χ1v) is 26.5. The number of pyridine rings is 1. The highest BCUT2D eigenvalue weighted by Crippen LogP contribution is 2.48. The van der Waals surface area contributed by atoms with Gasteiger partial charge in [-0.3, -0.25) is 4.57 Å². The van der Waals surface area contributed by atoms with Crippen molar-refractivity contribution in [2.45, 2.75) is 136 Å². The van der Waals surface area contributed by atoms with Gasteiger partial charge >= 0.3 is 0 Å². The molecule has 2 aromatic heterocycles. The van der Waals surface area contributed by atoms with Crippen molar-refractivity contribution in [3.63, 3.8) is 0 Å². The maximum absolute atomic E-state index is 5.19. The second kappa shape index (κ2) is 17.6. The van der Waals surface area contributed by atoms with Crippen LogP contribution in [-0.2, 0) is 32.5 Å². The quantitative estimate of drug-likeness (QED) is 0.144. The van der Waals surface area contributed by atoms with Crippen LogP contribution in [0, 0.1) is 0 Å². The first kappa shape index (κ1) is 49.7. The van der Waals surface area contributed by atoms with Gasteiger partial charge in [0.25, 0.3) is 0 Å². The van der Waals surface area contributed by atoms with E-state index in [4.69, 9.17) is 4.98 Å². The molecule has 10 rings (SSSR count). The van der Waals surface area contributed by atoms with E-state index in [0.29, 0.717) is 0 Å². The van der Waals surface area contributed by atoms with Gasteiger partial charge in [-0.1, -0.05) is 207 Å². The molecule has 4 heteroatoms. The molecule has 0 radical (unpaired) electrons. The number of fused-ring (bicyclic) bond motifs is 4. The molecule has 1 aliphatic rings. The average molecular weight is 961 g/mol. The fourth-order valence-electron chi connectivity index (χ4n) is 11.1. The minimum absolute atomic E-state index is 0.0191. The summed E-state index contributed by atoms with van der Waals surface area (Å²) in [5.74, 6) is 0.920. The summed E-state index contributed by atoms with van der Waals surface area (Å²) in [7, 11) is 0. The molecule has 7 aromatic carbocycles. The Morgan fingerprint density at radius 3 is 1.41 bits per heavy atom. The zero-order chi connectivity index (χ0) is 52.0. The summed E-state index contributed by atoms with van der Waals surface area (Å²) in [4.78, 5) is 10.2. The van der Waals surface area contributed by atoms with Crippen molar-refractivity contribution >= 4 is 44.6 Å². The van der Waals surface area contributed by atoms with Crippen molar-refractivity contribution in [1.29, 1.82) is 0 Å². The summed E-state index contributed by atoms with van der Waals surface area (Å²) in [6, 6.07) is 64.3. The van der Waals surface area contributed by atoms with E-state index in [2.05, 4.69) is 288 Å². The molecule has 73 heavy (non-hydrogen) atoms. The van der Waals surface area contributed by atoms with Crippen LogP contribution in [0.3, 0.4) is 0 Å². The van der Waals surface area contributed by atoms with Crippen LogP contribution in [0.4, 0.5) is 22.7 Å². The molecular weight excluding hydrogens is 885 g/mol.